The zero-order chi connectivity index (χ0) is 12.9. The number of hydrogen-bond donors (Lipinski definition) is 3. The lowest BCUT2D eigenvalue weighted by Crippen LogP contribution is -2.49. The highest BCUT2D eigenvalue weighted by atomic mass is 16.4. The van der Waals surface area contributed by atoms with E-state index >= 15 is 0 Å². The minimum atomic E-state index is -1.13. The van der Waals surface area contributed by atoms with E-state index in [4.69, 9.17) is 10.2 Å². The van der Waals surface area contributed by atoms with Gasteiger partial charge in [0.05, 0.1) is 6.42 Å². The fourth-order valence-corrected chi connectivity index (χ4v) is 1.10. The predicted molar refractivity (Wildman–Crippen MR) is 55.9 cm³/mol. The van der Waals surface area contributed by atoms with Crippen LogP contribution < -0.4 is 5.32 Å². The maximum Gasteiger partial charge on any atom is 0.326 e. The zero-order valence-electron chi connectivity index (χ0n) is 9.61. The molecule has 6 heteroatoms. The maximum absolute atomic E-state index is 11.3. The van der Waals surface area contributed by atoms with Crippen LogP contribution in [0.15, 0.2) is 0 Å². The minimum absolute atomic E-state index is 0.213. The van der Waals surface area contributed by atoms with Crippen molar-refractivity contribution in [1.29, 1.82) is 0 Å². The summed E-state index contributed by atoms with van der Waals surface area (Å²) in [6.45, 7) is 5.05. The van der Waals surface area contributed by atoms with Crippen LogP contribution in [-0.4, -0.2) is 34.1 Å². The molecule has 1 amide bonds. The van der Waals surface area contributed by atoms with Crippen LogP contribution in [0.1, 0.15) is 33.6 Å². The monoisotopic (exact) mass is 231 g/mol. The van der Waals surface area contributed by atoms with E-state index in [0.29, 0.717) is 0 Å². The highest BCUT2D eigenvalue weighted by molar-refractivity contribution is 5.85. The van der Waals surface area contributed by atoms with Gasteiger partial charge in [-0.3, -0.25) is 9.59 Å². The second-order valence-corrected chi connectivity index (χ2v) is 4.60. The fraction of sp³-hybridized carbons (Fsp3) is 0.700. The van der Waals surface area contributed by atoms with Gasteiger partial charge in [-0.15, -0.1) is 0 Å². The molecule has 3 N–H and O–H groups in total. The van der Waals surface area contributed by atoms with E-state index in [1.165, 1.54) is 0 Å². The Labute approximate surface area is 93.6 Å². The van der Waals surface area contributed by atoms with Gasteiger partial charge in [-0.1, -0.05) is 20.8 Å². The molecule has 0 radical (unpaired) electrons. The van der Waals surface area contributed by atoms with Gasteiger partial charge in [-0.25, -0.2) is 4.79 Å². The molecule has 0 aliphatic heterocycles. The molecule has 16 heavy (non-hydrogen) atoms. The second-order valence-electron chi connectivity index (χ2n) is 4.60. The number of rotatable bonds is 5. The summed E-state index contributed by atoms with van der Waals surface area (Å²) in [5.41, 5.74) is -0.620. The first-order chi connectivity index (χ1) is 7.14. The summed E-state index contributed by atoms with van der Waals surface area (Å²) < 4.78 is 0. The molecule has 0 heterocycles. The Bertz CT molecular complexity index is 292. The van der Waals surface area contributed by atoms with Crippen molar-refractivity contribution in [2.45, 2.75) is 39.7 Å². The highest BCUT2D eigenvalue weighted by Gasteiger charge is 2.32. The van der Waals surface area contributed by atoms with Gasteiger partial charge in [0.1, 0.15) is 6.04 Å². The van der Waals surface area contributed by atoms with Crippen LogP contribution in [0, 0.1) is 5.41 Å². The summed E-state index contributed by atoms with van der Waals surface area (Å²) in [7, 11) is 0. The van der Waals surface area contributed by atoms with Crippen molar-refractivity contribution in [1.82, 2.24) is 5.32 Å². The number of carboxylic acids is 2. The Morgan fingerprint density at radius 3 is 1.94 bits per heavy atom. The molecule has 0 aliphatic carbocycles. The first-order valence-electron chi connectivity index (χ1n) is 4.88. The van der Waals surface area contributed by atoms with Crippen LogP contribution in [-0.2, 0) is 14.4 Å². The van der Waals surface area contributed by atoms with Gasteiger partial charge >= 0.3 is 11.9 Å². The van der Waals surface area contributed by atoms with E-state index in [0.717, 1.165) is 0 Å². The molecule has 0 saturated carbocycles. The normalized spacial score (nSPS) is 12.9. The summed E-state index contributed by atoms with van der Waals surface area (Å²) in [4.78, 5) is 32.4. The van der Waals surface area contributed by atoms with E-state index in [9.17, 15) is 14.4 Å². The fourth-order valence-electron chi connectivity index (χ4n) is 1.10. The molecular formula is C10H17NO5. The summed E-state index contributed by atoms with van der Waals surface area (Å²) in [5, 5.41) is 19.6. The Morgan fingerprint density at radius 2 is 1.62 bits per heavy atom. The van der Waals surface area contributed by atoms with E-state index in [-0.39, 0.29) is 12.8 Å². The second kappa shape index (κ2) is 5.48. The van der Waals surface area contributed by atoms with Crippen molar-refractivity contribution in [3.05, 3.63) is 0 Å². The Balaban J connectivity index is 4.37. The first kappa shape index (κ1) is 14.4. The van der Waals surface area contributed by atoms with Gasteiger partial charge in [0.2, 0.25) is 5.91 Å². The van der Waals surface area contributed by atoms with Crippen molar-refractivity contribution in [3.8, 4) is 0 Å². The third kappa shape index (κ3) is 5.33. The summed E-state index contributed by atoms with van der Waals surface area (Å²) in [6, 6.07) is -1.02. The maximum atomic E-state index is 11.3. The molecule has 0 spiro atoms. The lowest BCUT2D eigenvalue weighted by molar-refractivity contribution is -0.145. The standard InChI is InChI=1S/C10H17NO5/c1-10(2,3)8(9(15)16)11-6(12)4-5-7(13)14/h8H,4-5H2,1-3H3,(H,11,12)(H,13,14)(H,15,16)/t8-/m1/s1. The molecule has 0 fully saturated rings. The lowest BCUT2D eigenvalue weighted by Gasteiger charge is -2.27. The number of hydrogen-bond acceptors (Lipinski definition) is 3. The average Bonchev–Trinajstić information content (AvgIpc) is 2.08. The first-order valence-corrected chi connectivity index (χ1v) is 4.88. The van der Waals surface area contributed by atoms with Gasteiger partial charge in [0.25, 0.3) is 0 Å². The number of amides is 1. The summed E-state index contributed by atoms with van der Waals surface area (Å²) >= 11 is 0. The molecule has 0 unspecified atom stereocenters. The molecule has 0 saturated heterocycles. The topological polar surface area (TPSA) is 104 Å². The van der Waals surface area contributed by atoms with Crippen LogP contribution in [0.4, 0.5) is 0 Å². The van der Waals surface area contributed by atoms with Gasteiger partial charge in [-0.05, 0) is 5.41 Å². The summed E-state index contributed by atoms with van der Waals surface area (Å²) in [6.07, 6.45) is -0.516. The predicted octanol–water partition coefficient (Wildman–Crippen LogP) is 0.467. The van der Waals surface area contributed by atoms with Crippen molar-refractivity contribution in [3.63, 3.8) is 0 Å². The molecule has 0 rings (SSSR count). The lowest BCUT2D eigenvalue weighted by atomic mass is 9.86. The molecule has 1 atom stereocenters. The number of carbonyl (C=O) groups is 3. The largest absolute Gasteiger partial charge is 0.481 e. The van der Waals surface area contributed by atoms with Crippen molar-refractivity contribution >= 4 is 17.8 Å². The number of nitrogens with one attached hydrogen (secondary N) is 1. The minimum Gasteiger partial charge on any atom is -0.481 e. The van der Waals surface area contributed by atoms with Gasteiger partial charge in [0, 0.05) is 6.42 Å². The molecule has 92 valence electrons. The van der Waals surface area contributed by atoms with Crippen LogP contribution >= 0.6 is 0 Å². The molecule has 0 aromatic heterocycles. The van der Waals surface area contributed by atoms with Crippen molar-refractivity contribution in [2.24, 2.45) is 5.41 Å². The van der Waals surface area contributed by atoms with E-state index < -0.39 is 29.3 Å². The molecule has 0 bridgehead atoms. The molecule has 0 aromatic carbocycles. The number of aliphatic carboxylic acids is 2. The molecular weight excluding hydrogens is 214 g/mol. The van der Waals surface area contributed by atoms with Crippen molar-refractivity contribution < 1.29 is 24.6 Å². The summed E-state index contributed by atoms with van der Waals surface area (Å²) in [5.74, 6) is -2.78. The van der Waals surface area contributed by atoms with Crippen LogP contribution in [0.25, 0.3) is 0 Å². The van der Waals surface area contributed by atoms with Gasteiger partial charge in [-0.2, -0.15) is 0 Å². The highest BCUT2D eigenvalue weighted by Crippen LogP contribution is 2.19. The van der Waals surface area contributed by atoms with Gasteiger partial charge in [0.15, 0.2) is 0 Å². The van der Waals surface area contributed by atoms with Crippen LogP contribution in [0.3, 0.4) is 0 Å². The molecule has 6 nitrogen and oxygen atoms in total. The van der Waals surface area contributed by atoms with Gasteiger partial charge < -0.3 is 15.5 Å². The third-order valence-corrected chi connectivity index (χ3v) is 1.98. The third-order valence-electron chi connectivity index (χ3n) is 1.98. The van der Waals surface area contributed by atoms with E-state index in [1.54, 1.807) is 20.8 Å². The Morgan fingerprint density at radius 1 is 1.12 bits per heavy atom. The number of carbonyl (C=O) groups excluding carboxylic acids is 1. The molecule has 0 aliphatic rings. The van der Waals surface area contributed by atoms with Crippen LogP contribution in [0.5, 0.6) is 0 Å². The molecule has 0 aromatic rings. The van der Waals surface area contributed by atoms with E-state index in [2.05, 4.69) is 5.32 Å². The zero-order valence-corrected chi connectivity index (χ0v) is 9.61. The van der Waals surface area contributed by atoms with E-state index in [1.807, 2.05) is 0 Å². The Hall–Kier alpha value is -1.59. The quantitative estimate of drug-likeness (QED) is 0.638. The Kier molecular flexibility index (Phi) is 4.94. The average molecular weight is 231 g/mol. The smallest absolute Gasteiger partial charge is 0.326 e. The number of carboxylic acid groups (broad SMARTS) is 2. The SMILES string of the molecule is CC(C)(C)[C@H](NC(=O)CCC(=O)O)C(=O)O. The van der Waals surface area contributed by atoms with Crippen LogP contribution in [0.2, 0.25) is 0 Å². The van der Waals surface area contributed by atoms with Crippen molar-refractivity contribution in [2.75, 3.05) is 0 Å².